The SMILES string of the molecule is CC(C)n1nc(NC(=O)OCc2ccccc2)nc1N1CC2=C(CCOc3cc(C4CN(CCS(C)(=O)=O)C4)ccc32)S1. The zero-order chi connectivity index (χ0) is 30.1. The Morgan fingerprint density at radius 3 is 2.72 bits per heavy atom. The average Bonchev–Trinajstić information content (AvgIpc) is 3.52. The summed E-state index contributed by atoms with van der Waals surface area (Å²) in [7, 11) is -2.96. The van der Waals surface area contributed by atoms with Gasteiger partial charge in [-0.15, -0.1) is 5.10 Å². The number of nitrogens with zero attached hydrogens (tertiary/aromatic N) is 5. The number of carbonyl (C=O) groups excluding carboxylic acids is 1. The molecule has 0 spiro atoms. The largest absolute Gasteiger partial charge is 0.493 e. The summed E-state index contributed by atoms with van der Waals surface area (Å²) in [5, 5.41) is 7.25. The molecule has 43 heavy (non-hydrogen) atoms. The Bertz CT molecular complexity index is 1630. The molecule has 0 unspecified atom stereocenters. The number of likely N-dealkylation sites (tertiary alicyclic amines) is 1. The second kappa shape index (κ2) is 12.2. The van der Waals surface area contributed by atoms with Crippen molar-refractivity contribution in [3.8, 4) is 5.75 Å². The molecule has 2 aromatic carbocycles. The van der Waals surface area contributed by atoms with Gasteiger partial charge in [0.2, 0.25) is 5.95 Å². The van der Waals surface area contributed by atoms with E-state index in [0.29, 0.717) is 31.6 Å². The van der Waals surface area contributed by atoms with Crippen molar-refractivity contribution in [1.29, 1.82) is 0 Å². The second-order valence-electron chi connectivity index (χ2n) is 11.4. The predicted molar refractivity (Wildman–Crippen MR) is 168 cm³/mol. The lowest BCUT2D eigenvalue weighted by molar-refractivity contribution is 0.155. The summed E-state index contributed by atoms with van der Waals surface area (Å²) in [6, 6.07) is 16.0. The van der Waals surface area contributed by atoms with Gasteiger partial charge in [0.1, 0.15) is 22.2 Å². The lowest BCUT2D eigenvalue weighted by Gasteiger charge is -2.39. The minimum atomic E-state index is -2.96. The van der Waals surface area contributed by atoms with Gasteiger partial charge in [-0.25, -0.2) is 17.9 Å². The third-order valence-electron chi connectivity index (χ3n) is 7.74. The molecule has 0 atom stereocenters. The molecule has 1 N–H and O–H groups in total. The van der Waals surface area contributed by atoms with Crippen LogP contribution in [0.25, 0.3) is 5.57 Å². The van der Waals surface area contributed by atoms with Crippen molar-refractivity contribution in [2.24, 2.45) is 0 Å². The van der Waals surface area contributed by atoms with Crippen LogP contribution in [0.5, 0.6) is 5.75 Å². The standard InChI is InChI=1S/C30H36N6O5S2/c1-20(2)36-29(31-28(33-36)32-30(37)41-19-21-7-5-4-6-8-21)35-18-25-24-10-9-22(15-26(24)40-13-11-27(25)42-35)23-16-34(17-23)12-14-43(3,38)39/h4-10,15,20,23H,11-14,16-19H2,1-3H3,(H,32,33,37). The molecule has 0 radical (unpaired) electrons. The molecule has 0 aliphatic carbocycles. The van der Waals surface area contributed by atoms with Crippen LogP contribution in [0.15, 0.2) is 53.4 Å². The zero-order valence-electron chi connectivity index (χ0n) is 24.5. The lowest BCUT2D eigenvalue weighted by Crippen LogP contribution is -2.46. The summed E-state index contributed by atoms with van der Waals surface area (Å²) < 4.78 is 38.5. The van der Waals surface area contributed by atoms with E-state index < -0.39 is 15.9 Å². The average molecular weight is 625 g/mol. The summed E-state index contributed by atoms with van der Waals surface area (Å²) in [4.78, 5) is 20.6. The van der Waals surface area contributed by atoms with Gasteiger partial charge in [0.15, 0.2) is 0 Å². The van der Waals surface area contributed by atoms with E-state index in [2.05, 4.69) is 42.8 Å². The smallest absolute Gasteiger partial charge is 0.414 e. The molecule has 3 aliphatic heterocycles. The van der Waals surface area contributed by atoms with E-state index in [9.17, 15) is 13.2 Å². The fourth-order valence-corrected chi connectivity index (χ4v) is 7.12. The summed E-state index contributed by atoms with van der Waals surface area (Å²) in [6.45, 7) is 7.71. The number of benzene rings is 2. The van der Waals surface area contributed by atoms with Crippen LogP contribution in [-0.2, 0) is 21.2 Å². The number of hydrogen-bond donors (Lipinski definition) is 1. The van der Waals surface area contributed by atoms with E-state index in [4.69, 9.17) is 9.47 Å². The number of nitrogens with one attached hydrogen (secondary N) is 1. The quantitative estimate of drug-likeness (QED) is 0.335. The molecule has 4 heterocycles. The first-order valence-corrected chi connectivity index (χ1v) is 17.3. The Kier molecular flexibility index (Phi) is 8.38. The molecule has 3 aliphatic rings. The molecule has 1 aromatic heterocycles. The van der Waals surface area contributed by atoms with Gasteiger partial charge in [-0.2, -0.15) is 4.98 Å². The highest BCUT2D eigenvalue weighted by molar-refractivity contribution is 8.04. The topological polar surface area (TPSA) is 119 Å². The minimum absolute atomic E-state index is 0.0250. The first-order chi connectivity index (χ1) is 20.6. The van der Waals surface area contributed by atoms with Crippen molar-refractivity contribution >= 4 is 45.3 Å². The van der Waals surface area contributed by atoms with E-state index in [1.165, 1.54) is 22.3 Å². The Labute approximate surface area is 256 Å². The van der Waals surface area contributed by atoms with Crippen LogP contribution in [0.4, 0.5) is 16.7 Å². The van der Waals surface area contributed by atoms with Crippen LogP contribution in [-0.4, -0.2) is 79.0 Å². The van der Waals surface area contributed by atoms with Gasteiger partial charge < -0.3 is 14.4 Å². The van der Waals surface area contributed by atoms with Crippen LogP contribution in [0.1, 0.15) is 48.9 Å². The van der Waals surface area contributed by atoms with E-state index >= 15 is 0 Å². The zero-order valence-corrected chi connectivity index (χ0v) is 26.2. The molecule has 13 heteroatoms. The fourth-order valence-electron chi connectivity index (χ4n) is 5.40. The molecular formula is C30H36N6O5S2. The van der Waals surface area contributed by atoms with E-state index in [1.807, 2.05) is 48.9 Å². The molecule has 0 saturated carbocycles. The van der Waals surface area contributed by atoms with Crippen LogP contribution < -0.4 is 14.4 Å². The number of fused-ring (bicyclic) bond motifs is 2. The number of ether oxygens (including phenoxy) is 2. The van der Waals surface area contributed by atoms with Gasteiger partial charge in [-0.1, -0.05) is 42.5 Å². The number of sulfone groups is 1. The van der Waals surface area contributed by atoms with Crippen molar-refractivity contribution in [3.63, 3.8) is 0 Å². The fraction of sp³-hybridized carbons (Fsp3) is 0.433. The summed E-state index contributed by atoms with van der Waals surface area (Å²) >= 11 is 1.64. The maximum atomic E-state index is 12.5. The molecule has 3 aromatic rings. The summed E-state index contributed by atoms with van der Waals surface area (Å²) in [5.41, 5.74) is 4.41. The third kappa shape index (κ3) is 6.84. The van der Waals surface area contributed by atoms with Gasteiger partial charge >= 0.3 is 6.09 Å². The molecule has 6 rings (SSSR count). The first-order valence-electron chi connectivity index (χ1n) is 14.4. The van der Waals surface area contributed by atoms with E-state index in [1.54, 1.807) is 11.9 Å². The molecule has 228 valence electrons. The number of amides is 1. The highest BCUT2D eigenvalue weighted by Crippen LogP contribution is 2.47. The first kappa shape index (κ1) is 29.5. The summed E-state index contributed by atoms with van der Waals surface area (Å²) in [5.74, 6) is 2.31. The Balaban J connectivity index is 1.13. The van der Waals surface area contributed by atoms with Crippen LogP contribution in [0.2, 0.25) is 0 Å². The van der Waals surface area contributed by atoms with Crippen LogP contribution >= 0.6 is 11.9 Å². The molecule has 11 nitrogen and oxygen atoms in total. The maximum Gasteiger partial charge on any atom is 0.414 e. The predicted octanol–water partition coefficient (Wildman–Crippen LogP) is 4.71. The lowest BCUT2D eigenvalue weighted by atomic mass is 9.89. The monoisotopic (exact) mass is 624 g/mol. The number of hydrogen-bond acceptors (Lipinski definition) is 10. The van der Waals surface area contributed by atoms with E-state index in [0.717, 1.165) is 36.4 Å². The number of rotatable bonds is 9. The molecule has 1 amide bonds. The highest BCUT2D eigenvalue weighted by atomic mass is 32.2. The molecule has 1 fully saturated rings. The van der Waals surface area contributed by atoms with Gasteiger partial charge in [-0.05, 0) is 48.6 Å². The Hall–Kier alpha value is -3.55. The van der Waals surface area contributed by atoms with Gasteiger partial charge in [-0.3, -0.25) is 9.62 Å². The maximum absolute atomic E-state index is 12.5. The Morgan fingerprint density at radius 1 is 1.19 bits per heavy atom. The summed E-state index contributed by atoms with van der Waals surface area (Å²) in [6.07, 6.45) is 1.47. The minimum Gasteiger partial charge on any atom is -0.493 e. The molecule has 0 bridgehead atoms. The van der Waals surface area contributed by atoms with Gasteiger partial charge in [0.05, 0.1) is 24.9 Å². The second-order valence-corrected chi connectivity index (χ2v) is 14.8. The molecule has 1 saturated heterocycles. The van der Waals surface area contributed by atoms with E-state index in [-0.39, 0.29) is 24.3 Å². The normalized spacial score (nSPS) is 17.3. The van der Waals surface area contributed by atoms with Crippen molar-refractivity contribution in [3.05, 3.63) is 70.1 Å². The van der Waals surface area contributed by atoms with Crippen molar-refractivity contribution in [2.45, 2.75) is 38.8 Å². The number of aromatic nitrogens is 3. The number of carbonyl (C=O) groups is 1. The van der Waals surface area contributed by atoms with Crippen LogP contribution in [0, 0.1) is 0 Å². The van der Waals surface area contributed by atoms with Crippen LogP contribution in [0.3, 0.4) is 0 Å². The third-order valence-corrected chi connectivity index (χ3v) is 9.84. The van der Waals surface area contributed by atoms with Gasteiger partial charge in [0.25, 0.3) is 5.95 Å². The molecular weight excluding hydrogens is 589 g/mol. The van der Waals surface area contributed by atoms with Crippen molar-refractivity contribution in [1.82, 2.24) is 19.7 Å². The van der Waals surface area contributed by atoms with Gasteiger partial charge in [0, 0.05) is 48.7 Å². The van der Waals surface area contributed by atoms with Crippen molar-refractivity contribution < 1.29 is 22.7 Å². The highest BCUT2D eigenvalue weighted by Gasteiger charge is 2.34. The van der Waals surface area contributed by atoms with Crippen molar-refractivity contribution in [2.75, 3.05) is 54.4 Å². The number of anilines is 2. The Morgan fingerprint density at radius 2 is 1.98 bits per heavy atom.